The van der Waals surface area contributed by atoms with E-state index in [0.29, 0.717) is 51.4 Å². The largest absolute Gasteiger partial charge is 0.481 e. The highest BCUT2D eigenvalue weighted by molar-refractivity contribution is 5.97. The number of aliphatic hydroxyl groups is 2. The highest BCUT2D eigenvalue weighted by Crippen LogP contribution is 2.37. The zero-order chi connectivity index (χ0) is 32.0. The summed E-state index contributed by atoms with van der Waals surface area (Å²) in [5.41, 5.74) is 11.7. The first-order valence-electron chi connectivity index (χ1n) is 14.7. The summed E-state index contributed by atoms with van der Waals surface area (Å²) in [6.45, 7) is 11.1. The molecule has 2 aliphatic rings. The fourth-order valence-electron chi connectivity index (χ4n) is 6.31. The zero-order valence-electron chi connectivity index (χ0n) is 25.8. The number of carbonyl (C=O) groups is 2. The van der Waals surface area contributed by atoms with E-state index in [2.05, 4.69) is 9.97 Å². The van der Waals surface area contributed by atoms with Crippen LogP contribution in [-0.2, 0) is 22.4 Å². The molecule has 0 radical (unpaired) electrons. The molecule has 44 heavy (non-hydrogen) atoms. The van der Waals surface area contributed by atoms with Gasteiger partial charge in [-0.2, -0.15) is 0 Å². The van der Waals surface area contributed by atoms with Gasteiger partial charge in [0.15, 0.2) is 0 Å². The van der Waals surface area contributed by atoms with Crippen molar-refractivity contribution in [3.63, 3.8) is 0 Å². The summed E-state index contributed by atoms with van der Waals surface area (Å²) in [6.07, 6.45) is -1.13. The van der Waals surface area contributed by atoms with E-state index in [1.54, 1.807) is 13.8 Å². The van der Waals surface area contributed by atoms with Gasteiger partial charge in [-0.15, -0.1) is 0 Å². The standard InChI is InChI=1S/C34H38N4O6/c1-15-21(7-9-31(41)42)27-14-28-22(8-10-32(43)44)16(2)24(36-28)12-29-34(20(6)40)18(4)26(38-29)13-30-33(19(5)39)17(3)25(37-30)11-23(15)35-27/h11-14,19-20,35-36,39-40H,7-10H2,1-6H3,(H,41,42)(H,43,44). The average Bonchev–Trinajstić information content (AvgIpc) is 3.59. The number of rotatable bonds is 8. The van der Waals surface area contributed by atoms with Crippen LogP contribution in [0.1, 0.15) is 85.6 Å². The molecule has 8 bridgehead atoms. The lowest BCUT2D eigenvalue weighted by Crippen LogP contribution is -2.03. The van der Waals surface area contributed by atoms with Crippen LogP contribution < -0.4 is 0 Å². The zero-order valence-corrected chi connectivity index (χ0v) is 25.8. The lowest BCUT2D eigenvalue weighted by molar-refractivity contribution is -0.138. The van der Waals surface area contributed by atoms with E-state index in [0.717, 1.165) is 44.4 Å². The number of H-pyrrole nitrogens is 2. The number of aromatic amines is 2. The molecule has 10 nitrogen and oxygen atoms in total. The Bertz CT molecular complexity index is 1920. The van der Waals surface area contributed by atoms with Crippen molar-refractivity contribution >= 4 is 56.3 Å². The molecule has 2 atom stereocenters. The number of carboxylic acids is 2. The maximum atomic E-state index is 11.6. The Morgan fingerprint density at radius 3 is 1.43 bits per heavy atom. The van der Waals surface area contributed by atoms with Gasteiger partial charge in [-0.25, -0.2) is 9.97 Å². The number of nitrogens with zero attached hydrogens (tertiary/aromatic N) is 2. The molecule has 0 aromatic carbocycles. The molecule has 2 unspecified atom stereocenters. The normalized spacial score (nSPS) is 14.7. The molecule has 0 saturated carbocycles. The number of fused-ring (bicyclic) bond motifs is 8. The number of hydrogen-bond donors (Lipinski definition) is 6. The quantitative estimate of drug-likeness (QED) is 0.195. The molecule has 5 rings (SSSR count). The van der Waals surface area contributed by atoms with E-state index in [4.69, 9.17) is 9.97 Å². The molecule has 0 saturated heterocycles. The number of hydrogen-bond acceptors (Lipinski definition) is 6. The van der Waals surface area contributed by atoms with Crippen LogP contribution >= 0.6 is 0 Å². The minimum absolute atomic E-state index is 0.0567. The molecular weight excluding hydrogens is 560 g/mol. The molecule has 230 valence electrons. The average molecular weight is 599 g/mol. The Morgan fingerprint density at radius 2 is 1.02 bits per heavy atom. The third-order valence-electron chi connectivity index (χ3n) is 8.65. The smallest absolute Gasteiger partial charge is 0.303 e. The minimum atomic E-state index is -0.909. The van der Waals surface area contributed by atoms with Crippen LogP contribution in [0.4, 0.5) is 0 Å². The highest BCUT2D eigenvalue weighted by Gasteiger charge is 2.25. The van der Waals surface area contributed by atoms with Gasteiger partial charge in [0.2, 0.25) is 0 Å². The van der Waals surface area contributed by atoms with E-state index in [-0.39, 0.29) is 19.3 Å². The fourth-order valence-corrected chi connectivity index (χ4v) is 6.31. The fraction of sp³-hybridized carbons (Fsp3) is 0.353. The predicted molar refractivity (Wildman–Crippen MR) is 171 cm³/mol. The Balaban J connectivity index is 1.96. The number of allylic oxidation sites excluding steroid dienone is 2. The Kier molecular flexibility index (Phi) is 8.33. The summed E-state index contributed by atoms with van der Waals surface area (Å²) in [7, 11) is 0. The summed E-state index contributed by atoms with van der Waals surface area (Å²) in [5, 5.41) is 40.5. The Labute approximate surface area is 254 Å². The molecule has 0 spiro atoms. The van der Waals surface area contributed by atoms with Gasteiger partial charge >= 0.3 is 11.9 Å². The van der Waals surface area contributed by atoms with Crippen molar-refractivity contribution < 1.29 is 30.0 Å². The summed E-state index contributed by atoms with van der Waals surface area (Å²) >= 11 is 0. The first-order chi connectivity index (χ1) is 20.8. The van der Waals surface area contributed by atoms with Crippen molar-refractivity contribution in [1.82, 2.24) is 19.9 Å². The second-order valence-corrected chi connectivity index (χ2v) is 11.7. The summed E-state index contributed by atoms with van der Waals surface area (Å²) in [6, 6.07) is 7.51. The van der Waals surface area contributed by atoms with Crippen LogP contribution in [0.3, 0.4) is 0 Å². The second-order valence-electron chi connectivity index (χ2n) is 11.7. The van der Waals surface area contributed by atoms with Crippen LogP contribution in [0, 0.1) is 13.8 Å². The van der Waals surface area contributed by atoms with Gasteiger partial charge in [0.1, 0.15) is 0 Å². The van der Waals surface area contributed by atoms with Crippen LogP contribution in [0.25, 0.3) is 44.4 Å². The molecule has 6 N–H and O–H groups in total. The van der Waals surface area contributed by atoms with Crippen LogP contribution in [0.5, 0.6) is 0 Å². The minimum Gasteiger partial charge on any atom is -0.481 e. The van der Waals surface area contributed by atoms with Gasteiger partial charge in [0, 0.05) is 46.1 Å². The van der Waals surface area contributed by atoms with Gasteiger partial charge in [-0.3, -0.25) is 9.59 Å². The molecule has 3 aromatic rings. The molecule has 0 amide bonds. The van der Waals surface area contributed by atoms with Gasteiger partial charge < -0.3 is 30.4 Å². The van der Waals surface area contributed by atoms with Gasteiger partial charge in [-0.05, 0) is 112 Å². The van der Waals surface area contributed by atoms with E-state index in [9.17, 15) is 30.0 Å². The van der Waals surface area contributed by atoms with Gasteiger partial charge in [0.25, 0.3) is 0 Å². The third-order valence-corrected chi connectivity index (χ3v) is 8.65. The van der Waals surface area contributed by atoms with E-state index in [1.165, 1.54) is 0 Å². The van der Waals surface area contributed by atoms with E-state index >= 15 is 0 Å². The third kappa shape index (κ3) is 5.70. The van der Waals surface area contributed by atoms with Crippen molar-refractivity contribution in [2.45, 2.75) is 79.4 Å². The van der Waals surface area contributed by atoms with Crippen molar-refractivity contribution in [2.75, 3.05) is 0 Å². The number of aliphatic carboxylic acids is 2. The molecule has 3 aromatic heterocycles. The monoisotopic (exact) mass is 598 g/mol. The van der Waals surface area contributed by atoms with Crippen LogP contribution in [0.15, 0.2) is 24.3 Å². The molecular formula is C34H38N4O6. The van der Waals surface area contributed by atoms with Crippen molar-refractivity contribution in [3.05, 3.63) is 69.3 Å². The number of nitrogens with one attached hydrogen (secondary N) is 2. The SMILES string of the molecule is CC1=C(C(C)O)c2cc3nc(cc4[nH]c(cc5[nH]c(cc1n2)c(C)c5CCC(=O)O)c(CCC(=O)O)c4C)C(C(C)O)=C3C. The molecule has 0 aliphatic carbocycles. The van der Waals surface area contributed by atoms with Crippen LogP contribution in [0.2, 0.25) is 0 Å². The Hall–Kier alpha value is -4.54. The molecule has 10 heteroatoms. The van der Waals surface area contributed by atoms with E-state index in [1.807, 2.05) is 52.0 Å². The van der Waals surface area contributed by atoms with Gasteiger partial charge in [0.05, 0.1) is 35.0 Å². The molecule has 0 fully saturated rings. The van der Waals surface area contributed by atoms with Crippen molar-refractivity contribution in [1.29, 1.82) is 0 Å². The van der Waals surface area contributed by atoms with Gasteiger partial charge in [-0.1, -0.05) is 0 Å². The lowest BCUT2D eigenvalue weighted by Gasteiger charge is -2.08. The van der Waals surface area contributed by atoms with Crippen LogP contribution in [-0.4, -0.2) is 64.5 Å². The topological polar surface area (TPSA) is 172 Å². The number of aliphatic hydroxyl groups excluding tert-OH is 2. The summed E-state index contributed by atoms with van der Waals surface area (Å²) in [4.78, 5) is 39.8. The Morgan fingerprint density at radius 1 is 0.636 bits per heavy atom. The number of aromatic nitrogens is 4. The van der Waals surface area contributed by atoms with Crippen molar-refractivity contribution in [2.24, 2.45) is 0 Å². The lowest BCUT2D eigenvalue weighted by atomic mass is 9.99. The first kappa shape index (κ1) is 30.9. The predicted octanol–water partition coefficient (Wildman–Crippen LogP) is 5.59. The first-order valence-corrected chi connectivity index (χ1v) is 14.7. The molecule has 2 aliphatic heterocycles. The second kappa shape index (κ2) is 11.9. The maximum absolute atomic E-state index is 11.6. The van der Waals surface area contributed by atoms with Crippen molar-refractivity contribution in [3.8, 4) is 0 Å². The summed E-state index contributed by atoms with van der Waals surface area (Å²) in [5.74, 6) is -1.82. The number of carboxylic acid groups (broad SMARTS) is 2. The van der Waals surface area contributed by atoms with E-state index < -0.39 is 24.1 Å². The highest BCUT2D eigenvalue weighted by atomic mass is 16.4. The maximum Gasteiger partial charge on any atom is 0.303 e. The summed E-state index contributed by atoms with van der Waals surface area (Å²) < 4.78 is 0. The molecule has 5 heterocycles. The number of aryl methyl sites for hydroxylation is 4.